The fourth-order valence-electron chi connectivity index (χ4n) is 0.879. The molecule has 5 N–H and O–H groups in total. The molecule has 16 heavy (non-hydrogen) atoms. The van der Waals surface area contributed by atoms with Gasteiger partial charge in [-0.3, -0.25) is 14.4 Å². The van der Waals surface area contributed by atoms with Gasteiger partial charge >= 0.3 is 0 Å². The van der Waals surface area contributed by atoms with Crippen molar-refractivity contribution in [3.05, 3.63) is 16.1 Å². The van der Waals surface area contributed by atoms with Crippen LogP contribution in [0.2, 0.25) is 0 Å². The Kier molecular flexibility index (Phi) is 4.83. The minimum atomic E-state index is -0.664. The Balaban J connectivity index is 2.43. The third kappa shape index (κ3) is 3.93. The first-order chi connectivity index (χ1) is 7.63. The highest BCUT2D eigenvalue weighted by Gasteiger charge is 2.10. The number of rotatable bonds is 6. The summed E-state index contributed by atoms with van der Waals surface area (Å²) in [5, 5.41) is 2.37. The third-order valence-corrected chi connectivity index (χ3v) is 2.43. The summed E-state index contributed by atoms with van der Waals surface area (Å²) >= 11 is 1.34. The van der Waals surface area contributed by atoms with Gasteiger partial charge in [0.25, 0.3) is 5.91 Å². The van der Waals surface area contributed by atoms with E-state index in [2.05, 4.69) is 15.3 Å². The molecule has 0 aromatic carbocycles. The van der Waals surface area contributed by atoms with Crippen LogP contribution in [0.15, 0.2) is 5.38 Å². The van der Waals surface area contributed by atoms with Crippen LogP contribution in [0.5, 0.6) is 0 Å². The van der Waals surface area contributed by atoms with Crippen molar-refractivity contribution in [2.24, 2.45) is 11.5 Å². The first kappa shape index (κ1) is 12.6. The van der Waals surface area contributed by atoms with Crippen LogP contribution < -0.4 is 16.9 Å². The summed E-state index contributed by atoms with van der Waals surface area (Å²) in [6, 6.07) is 0. The molecule has 0 aliphatic carbocycles. The number of nitrogens with zero attached hydrogens (tertiary/aromatic N) is 1. The number of thiazole rings is 1. The highest BCUT2D eigenvalue weighted by Crippen LogP contribution is 2.09. The van der Waals surface area contributed by atoms with Gasteiger partial charge in [0.15, 0.2) is 6.61 Å². The number of carbonyl (C=O) groups excluding carboxylic acids is 2. The Morgan fingerprint density at radius 3 is 2.94 bits per heavy atom. The van der Waals surface area contributed by atoms with Crippen molar-refractivity contribution in [1.82, 2.24) is 10.5 Å². The number of nitrogens with two attached hydrogens (primary N) is 2. The number of hydroxylamine groups is 1. The molecule has 0 unspecified atom stereocenters. The van der Waals surface area contributed by atoms with E-state index in [4.69, 9.17) is 11.5 Å². The molecule has 1 aromatic heterocycles. The Bertz CT molecular complexity index is 379. The van der Waals surface area contributed by atoms with Gasteiger partial charge in [-0.15, -0.1) is 11.3 Å². The van der Waals surface area contributed by atoms with Gasteiger partial charge in [-0.05, 0) is 6.54 Å². The predicted molar refractivity (Wildman–Crippen MR) is 57.5 cm³/mol. The molecule has 1 aromatic rings. The highest BCUT2D eigenvalue weighted by atomic mass is 32.1. The SMILES string of the molecule is NCCc1nc(C(=O)NOCC(N)=O)cs1. The maximum absolute atomic E-state index is 11.4. The molecule has 0 aliphatic rings. The van der Waals surface area contributed by atoms with Crippen LogP contribution in [0.3, 0.4) is 0 Å². The predicted octanol–water partition coefficient (Wildman–Crippen LogP) is -1.21. The average Bonchev–Trinajstić information content (AvgIpc) is 2.66. The molecule has 88 valence electrons. The minimum absolute atomic E-state index is 0.234. The molecule has 0 saturated heterocycles. The van der Waals surface area contributed by atoms with E-state index in [1.54, 1.807) is 5.38 Å². The van der Waals surface area contributed by atoms with Crippen molar-refractivity contribution in [3.63, 3.8) is 0 Å². The van der Waals surface area contributed by atoms with Crippen LogP contribution in [0.4, 0.5) is 0 Å². The molecule has 1 rings (SSSR count). The Morgan fingerprint density at radius 2 is 2.31 bits per heavy atom. The van der Waals surface area contributed by atoms with E-state index in [0.717, 1.165) is 5.01 Å². The van der Waals surface area contributed by atoms with Gasteiger partial charge in [-0.1, -0.05) is 0 Å². The molecular formula is C8H12N4O3S. The van der Waals surface area contributed by atoms with Crippen molar-refractivity contribution in [2.45, 2.75) is 6.42 Å². The fourth-order valence-corrected chi connectivity index (χ4v) is 1.67. The van der Waals surface area contributed by atoms with Gasteiger partial charge in [0.2, 0.25) is 5.91 Å². The standard InChI is InChI=1S/C8H12N4O3S/c9-2-1-7-11-5(4-16-7)8(14)12-15-3-6(10)13/h4H,1-3,9H2,(H2,10,13)(H,12,14). The molecule has 1 heterocycles. The third-order valence-electron chi connectivity index (χ3n) is 1.52. The van der Waals surface area contributed by atoms with E-state index in [9.17, 15) is 9.59 Å². The summed E-state index contributed by atoms with van der Waals surface area (Å²) in [4.78, 5) is 30.3. The second-order valence-corrected chi connectivity index (χ2v) is 3.79. The molecule has 7 nitrogen and oxygen atoms in total. The highest BCUT2D eigenvalue weighted by molar-refractivity contribution is 7.09. The lowest BCUT2D eigenvalue weighted by molar-refractivity contribution is -0.124. The molecule has 0 spiro atoms. The zero-order chi connectivity index (χ0) is 12.0. The number of hydrogen-bond donors (Lipinski definition) is 3. The number of amides is 2. The Morgan fingerprint density at radius 1 is 1.56 bits per heavy atom. The Labute approximate surface area is 95.7 Å². The molecule has 8 heteroatoms. The first-order valence-corrected chi connectivity index (χ1v) is 5.36. The van der Waals surface area contributed by atoms with Gasteiger partial charge in [0.05, 0.1) is 5.01 Å². The normalized spacial score (nSPS) is 10.1. The van der Waals surface area contributed by atoms with Crippen LogP contribution in [-0.4, -0.2) is 29.9 Å². The molecule has 2 amide bonds. The van der Waals surface area contributed by atoms with Gasteiger partial charge in [0, 0.05) is 11.8 Å². The lowest BCUT2D eigenvalue weighted by Crippen LogP contribution is -2.29. The van der Waals surface area contributed by atoms with Gasteiger partial charge < -0.3 is 11.5 Å². The van der Waals surface area contributed by atoms with Crippen molar-refractivity contribution in [1.29, 1.82) is 0 Å². The zero-order valence-corrected chi connectivity index (χ0v) is 9.25. The van der Waals surface area contributed by atoms with Crippen LogP contribution in [0.25, 0.3) is 0 Å². The number of carbonyl (C=O) groups is 2. The van der Waals surface area contributed by atoms with E-state index >= 15 is 0 Å². The lowest BCUT2D eigenvalue weighted by atomic mass is 10.4. The largest absolute Gasteiger partial charge is 0.368 e. The van der Waals surface area contributed by atoms with E-state index < -0.39 is 11.8 Å². The van der Waals surface area contributed by atoms with Crippen LogP contribution in [-0.2, 0) is 16.1 Å². The van der Waals surface area contributed by atoms with Crippen molar-refractivity contribution < 1.29 is 14.4 Å². The minimum Gasteiger partial charge on any atom is -0.368 e. The second-order valence-electron chi connectivity index (χ2n) is 2.85. The topological polar surface area (TPSA) is 120 Å². The average molecular weight is 244 g/mol. The first-order valence-electron chi connectivity index (χ1n) is 4.48. The second kappa shape index (κ2) is 6.16. The monoisotopic (exact) mass is 244 g/mol. The van der Waals surface area contributed by atoms with Gasteiger partial charge in [-0.25, -0.2) is 10.5 Å². The maximum Gasteiger partial charge on any atom is 0.294 e. The Hall–Kier alpha value is -1.51. The molecule has 0 radical (unpaired) electrons. The lowest BCUT2D eigenvalue weighted by Gasteiger charge is -2.00. The summed E-state index contributed by atoms with van der Waals surface area (Å²) in [7, 11) is 0. The summed E-state index contributed by atoms with van der Waals surface area (Å²) in [6.45, 7) is 0.109. The number of nitrogens with one attached hydrogen (secondary N) is 1. The summed E-state index contributed by atoms with van der Waals surface area (Å²) in [5.74, 6) is -1.18. The van der Waals surface area contributed by atoms with Crippen LogP contribution in [0, 0.1) is 0 Å². The van der Waals surface area contributed by atoms with E-state index in [0.29, 0.717) is 13.0 Å². The van der Waals surface area contributed by atoms with Crippen molar-refractivity contribution >= 4 is 23.2 Å². The molecule has 0 bridgehead atoms. The number of primary amides is 1. The molecule has 0 saturated carbocycles. The van der Waals surface area contributed by atoms with Gasteiger partial charge in [0.1, 0.15) is 5.69 Å². The van der Waals surface area contributed by atoms with Crippen molar-refractivity contribution in [3.8, 4) is 0 Å². The quantitative estimate of drug-likeness (QED) is 0.542. The van der Waals surface area contributed by atoms with Crippen LogP contribution >= 0.6 is 11.3 Å². The summed E-state index contributed by atoms with van der Waals surface area (Å²) < 4.78 is 0. The van der Waals surface area contributed by atoms with E-state index in [1.807, 2.05) is 0 Å². The van der Waals surface area contributed by atoms with E-state index in [-0.39, 0.29) is 12.3 Å². The molecular weight excluding hydrogens is 232 g/mol. The summed E-state index contributed by atoms with van der Waals surface area (Å²) in [6.07, 6.45) is 0.625. The fraction of sp³-hybridized carbons (Fsp3) is 0.375. The van der Waals surface area contributed by atoms with E-state index in [1.165, 1.54) is 11.3 Å². The van der Waals surface area contributed by atoms with Gasteiger partial charge in [-0.2, -0.15) is 0 Å². The zero-order valence-electron chi connectivity index (χ0n) is 8.43. The smallest absolute Gasteiger partial charge is 0.294 e. The number of hydrogen-bond acceptors (Lipinski definition) is 6. The molecule has 0 atom stereocenters. The maximum atomic E-state index is 11.4. The molecule has 0 fully saturated rings. The summed E-state index contributed by atoms with van der Waals surface area (Å²) in [5.41, 5.74) is 12.5. The van der Waals surface area contributed by atoms with Crippen LogP contribution in [0.1, 0.15) is 15.5 Å². The van der Waals surface area contributed by atoms with Crippen molar-refractivity contribution in [2.75, 3.05) is 13.2 Å². The number of aromatic nitrogens is 1. The molecule has 0 aliphatic heterocycles.